The van der Waals surface area contributed by atoms with E-state index in [1.807, 2.05) is 11.8 Å². The predicted octanol–water partition coefficient (Wildman–Crippen LogP) is 1.68. The van der Waals surface area contributed by atoms with Gasteiger partial charge in [0.1, 0.15) is 9.84 Å². The second kappa shape index (κ2) is 6.87. The Labute approximate surface area is 104 Å². The zero-order valence-electron chi connectivity index (χ0n) is 10.2. The Kier molecular flexibility index (Phi) is 6.15. The van der Waals surface area contributed by atoms with Crippen molar-refractivity contribution in [2.45, 2.75) is 43.9 Å². The first-order chi connectivity index (χ1) is 7.53. The second-order valence-corrected chi connectivity index (χ2v) is 8.14. The van der Waals surface area contributed by atoms with Gasteiger partial charge in [-0.15, -0.1) is 0 Å². The minimum atomic E-state index is -2.79. The quantitative estimate of drug-likeness (QED) is 0.761. The highest BCUT2D eigenvalue weighted by molar-refractivity contribution is 8.01. The van der Waals surface area contributed by atoms with Gasteiger partial charge < -0.3 is 5.32 Å². The highest BCUT2D eigenvalue weighted by atomic mass is 32.2. The van der Waals surface area contributed by atoms with E-state index >= 15 is 0 Å². The number of thioether (sulfide) groups is 1. The SMILES string of the molecule is CCCNC1CCCC1SCCS(C)(=O)=O. The molecule has 0 spiro atoms. The average Bonchev–Trinajstić information content (AvgIpc) is 2.60. The second-order valence-electron chi connectivity index (χ2n) is 4.53. The summed E-state index contributed by atoms with van der Waals surface area (Å²) in [4.78, 5) is 0. The fourth-order valence-corrected chi connectivity index (χ4v) is 4.74. The summed E-state index contributed by atoms with van der Waals surface area (Å²) in [5.74, 6) is 1.06. The molecule has 2 atom stereocenters. The standard InChI is InChI=1S/C11H23NO2S2/c1-3-7-12-10-5-4-6-11(10)15-8-9-16(2,13)14/h10-12H,3-9H2,1-2H3. The lowest BCUT2D eigenvalue weighted by Gasteiger charge is -2.20. The molecule has 1 rings (SSSR count). The summed E-state index contributed by atoms with van der Waals surface area (Å²) in [7, 11) is -2.79. The predicted molar refractivity (Wildman–Crippen MR) is 71.9 cm³/mol. The minimum absolute atomic E-state index is 0.314. The van der Waals surface area contributed by atoms with E-state index in [4.69, 9.17) is 0 Å². The molecule has 1 N–H and O–H groups in total. The van der Waals surface area contributed by atoms with Crippen LogP contribution < -0.4 is 5.32 Å². The molecular weight excluding hydrogens is 242 g/mol. The molecule has 2 unspecified atom stereocenters. The van der Waals surface area contributed by atoms with E-state index in [1.165, 1.54) is 25.5 Å². The summed E-state index contributed by atoms with van der Waals surface area (Å²) in [6.07, 6.45) is 6.23. The van der Waals surface area contributed by atoms with Crippen molar-refractivity contribution in [3.05, 3.63) is 0 Å². The van der Waals surface area contributed by atoms with Gasteiger partial charge in [0.25, 0.3) is 0 Å². The molecule has 0 bridgehead atoms. The molecule has 1 saturated carbocycles. The molecule has 1 aliphatic carbocycles. The van der Waals surface area contributed by atoms with E-state index in [9.17, 15) is 8.42 Å². The van der Waals surface area contributed by atoms with Gasteiger partial charge in [0.05, 0.1) is 5.75 Å². The molecule has 0 amide bonds. The minimum Gasteiger partial charge on any atom is -0.313 e. The largest absolute Gasteiger partial charge is 0.313 e. The van der Waals surface area contributed by atoms with E-state index in [1.54, 1.807) is 0 Å². The fourth-order valence-electron chi connectivity index (χ4n) is 2.04. The van der Waals surface area contributed by atoms with Gasteiger partial charge in [-0.3, -0.25) is 0 Å². The Morgan fingerprint density at radius 1 is 1.38 bits per heavy atom. The molecule has 0 saturated heterocycles. The summed E-state index contributed by atoms with van der Waals surface area (Å²) in [5.41, 5.74) is 0. The van der Waals surface area contributed by atoms with Gasteiger partial charge in [-0.1, -0.05) is 13.3 Å². The third kappa shape index (κ3) is 5.55. The molecule has 1 aliphatic rings. The number of rotatable bonds is 7. The van der Waals surface area contributed by atoms with Crippen LogP contribution in [0.25, 0.3) is 0 Å². The van der Waals surface area contributed by atoms with Gasteiger partial charge >= 0.3 is 0 Å². The topological polar surface area (TPSA) is 46.2 Å². The van der Waals surface area contributed by atoms with Crippen LogP contribution in [0.4, 0.5) is 0 Å². The molecule has 16 heavy (non-hydrogen) atoms. The summed E-state index contributed by atoms with van der Waals surface area (Å²) in [6, 6.07) is 0.601. The zero-order chi connectivity index (χ0) is 12.0. The molecule has 5 heteroatoms. The van der Waals surface area contributed by atoms with Gasteiger partial charge in [-0.05, 0) is 25.8 Å². The first-order valence-electron chi connectivity index (χ1n) is 6.05. The maximum Gasteiger partial charge on any atom is 0.148 e. The highest BCUT2D eigenvalue weighted by Crippen LogP contribution is 2.30. The normalized spacial score (nSPS) is 26.1. The fraction of sp³-hybridized carbons (Fsp3) is 1.00. The average molecular weight is 265 g/mol. The van der Waals surface area contributed by atoms with Crippen molar-refractivity contribution in [1.29, 1.82) is 0 Å². The summed E-state index contributed by atoms with van der Waals surface area (Å²) in [5, 5.41) is 4.18. The number of hydrogen-bond acceptors (Lipinski definition) is 4. The Hall–Kier alpha value is 0.260. The first-order valence-corrected chi connectivity index (χ1v) is 9.16. The van der Waals surface area contributed by atoms with Gasteiger partial charge in [0.15, 0.2) is 0 Å². The monoisotopic (exact) mass is 265 g/mol. The lowest BCUT2D eigenvalue weighted by Crippen LogP contribution is -2.34. The van der Waals surface area contributed by atoms with Crippen LogP contribution >= 0.6 is 11.8 Å². The van der Waals surface area contributed by atoms with Crippen LogP contribution in [0.3, 0.4) is 0 Å². The van der Waals surface area contributed by atoms with Gasteiger partial charge in [0, 0.05) is 23.3 Å². The maximum atomic E-state index is 11.0. The van der Waals surface area contributed by atoms with Gasteiger partial charge in [0.2, 0.25) is 0 Å². The molecule has 1 fully saturated rings. The molecule has 0 aromatic rings. The van der Waals surface area contributed by atoms with Crippen molar-refractivity contribution >= 4 is 21.6 Å². The smallest absolute Gasteiger partial charge is 0.148 e. The summed E-state index contributed by atoms with van der Waals surface area (Å²) < 4.78 is 22.1. The van der Waals surface area contributed by atoms with Gasteiger partial charge in [-0.2, -0.15) is 11.8 Å². The van der Waals surface area contributed by atoms with Crippen molar-refractivity contribution in [3.63, 3.8) is 0 Å². The third-order valence-corrected chi connectivity index (χ3v) is 5.53. The lowest BCUT2D eigenvalue weighted by atomic mass is 10.2. The van der Waals surface area contributed by atoms with Crippen LogP contribution in [-0.4, -0.2) is 44.0 Å². The molecule has 0 aliphatic heterocycles. The van der Waals surface area contributed by atoms with Crippen molar-refractivity contribution in [1.82, 2.24) is 5.32 Å². The van der Waals surface area contributed by atoms with Crippen LogP contribution in [0.5, 0.6) is 0 Å². The molecule has 0 heterocycles. The molecule has 0 radical (unpaired) electrons. The maximum absolute atomic E-state index is 11.0. The van der Waals surface area contributed by atoms with Crippen LogP contribution in [0.2, 0.25) is 0 Å². The van der Waals surface area contributed by atoms with E-state index in [-0.39, 0.29) is 0 Å². The molecule has 96 valence electrons. The Morgan fingerprint density at radius 2 is 2.12 bits per heavy atom. The van der Waals surface area contributed by atoms with Crippen molar-refractivity contribution < 1.29 is 8.42 Å². The Morgan fingerprint density at radius 3 is 2.75 bits per heavy atom. The van der Waals surface area contributed by atoms with E-state index in [0.29, 0.717) is 17.0 Å². The van der Waals surface area contributed by atoms with E-state index < -0.39 is 9.84 Å². The molecule has 3 nitrogen and oxygen atoms in total. The molecule has 0 aromatic carbocycles. The van der Waals surface area contributed by atoms with Gasteiger partial charge in [-0.25, -0.2) is 8.42 Å². The third-order valence-electron chi connectivity index (χ3n) is 2.90. The van der Waals surface area contributed by atoms with Crippen LogP contribution in [0, 0.1) is 0 Å². The van der Waals surface area contributed by atoms with Crippen molar-refractivity contribution in [2.24, 2.45) is 0 Å². The Bertz CT molecular complexity index is 290. The molecular formula is C11H23NO2S2. The number of hydrogen-bond donors (Lipinski definition) is 1. The molecule has 0 aromatic heterocycles. The number of sulfone groups is 1. The van der Waals surface area contributed by atoms with E-state index in [0.717, 1.165) is 18.7 Å². The first kappa shape index (κ1) is 14.3. The van der Waals surface area contributed by atoms with Crippen LogP contribution in [0.1, 0.15) is 32.6 Å². The highest BCUT2D eigenvalue weighted by Gasteiger charge is 2.26. The van der Waals surface area contributed by atoms with E-state index in [2.05, 4.69) is 12.2 Å². The number of nitrogens with one attached hydrogen (secondary N) is 1. The zero-order valence-corrected chi connectivity index (χ0v) is 11.9. The summed E-state index contributed by atoms with van der Waals surface area (Å²) in [6.45, 7) is 3.25. The van der Waals surface area contributed by atoms with Crippen LogP contribution in [0.15, 0.2) is 0 Å². The summed E-state index contributed by atoms with van der Waals surface area (Å²) >= 11 is 1.83. The Balaban J connectivity index is 2.24. The van der Waals surface area contributed by atoms with Crippen LogP contribution in [-0.2, 0) is 9.84 Å². The lowest BCUT2D eigenvalue weighted by molar-refractivity contribution is 0.531. The van der Waals surface area contributed by atoms with Crippen molar-refractivity contribution in [3.8, 4) is 0 Å². The van der Waals surface area contributed by atoms with Crippen molar-refractivity contribution in [2.75, 3.05) is 24.3 Å².